The van der Waals surface area contributed by atoms with Gasteiger partial charge in [0.25, 0.3) is 0 Å². The lowest BCUT2D eigenvalue weighted by atomic mass is 9.98. The van der Waals surface area contributed by atoms with Crippen molar-refractivity contribution in [3.63, 3.8) is 0 Å². The summed E-state index contributed by atoms with van der Waals surface area (Å²) >= 11 is 0. The van der Waals surface area contributed by atoms with Gasteiger partial charge in [0.05, 0.1) is 7.11 Å². The Hall–Kier alpha value is -1.77. The van der Waals surface area contributed by atoms with Crippen LogP contribution in [0, 0.1) is 20.8 Å². The number of carbonyl (C=O) groups is 1. The molecule has 19 heavy (non-hydrogen) atoms. The van der Waals surface area contributed by atoms with E-state index in [1.807, 2.05) is 13.0 Å². The average Bonchev–Trinajstić information content (AvgIpc) is 2.35. The highest BCUT2D eigenvalue weighted by Crippen LogP contribution is 2.29. The molecule has 104 valence electrons. The molecule has 3 heteroatoms. The topological polar surface area (TPSA) is 46.5 Å². The van der Waals surface area contributed by atoms with E-state index < -0.39 is 5.97 Å². The van der Waals surface area contributed by atoms with Crippen molar-refractivity contribution in [2.75, 3.05) is 7.11 Å². The predicted molar refractivity (Wildman–Crippen MR) is 77.7 cm³/mol. The number of methoxy groups -OCH3 is 1. The van der Waals surface area contributed by atoms with Crippen LogP contribution in [0.15, 0.2) is 12.1 Å². The van der Waals surface area contributed by atoms with Crippen molar-refractivity contribution in [3.05, 3.63) is 34.4 Å². The number of hydrogen-bond donors (Lipinski definition) is 1. The zero-order valence-corrected chi connectivity index (χ0v) is 12.1. The third-order valence-electron chi connectivity index (χ3n) is 3.33. The smallest absolute Gasteiger partial charge is 0.303 e. The van der Waals surface area contributed by atoms with Gasteiger partial charge in [0.15, 0.2) is 0 Å². The van der Waals surface area contributed by atoms with Gasteiger partial charge in [-0.3, -0.25) is 4.79 Å². The lowest BCUT2D eigenvalue weighted by molar-refractivity contribution is -0.137. The Bertz CT molecular complexity index is 487. The normalized spacial score (nSPS) is 10.9. The molecule has 0 aromatic heterocycles. The van der Waals surface area contributed by atoms with Gasteiger partial charge in [-0.2, -0.15) is 0 Å². The predicted octanol–water partition coefficient (Wildman–Crippen LogP) is 3.89. The zero-order chi connectivity index (χ0) is 14.4. The van der Waals surface area contributed by atoms with Crippen LogP contribution >= 0.6 is 0 Å². The standard InChI is InChI=1S/C16H22O3/c1-11-10-14(8-6-5-7-9-15(17)18)12(2)13(3)16(11)19-4/h6,8,10H,5,7,9H2,1-4H3,(H,17,18)/b8-6+. The van der Waals surface area contributed by atoms with Crippen LogP contribution in [0.3, 0.4) is 0 Å². The summed E-state index contributed by atoms with van der Waals surface area (Å²) in [6, 6.07) is 2.11. The van der Waals surface area contributed by atoms with Gasteiger partial charge < -0.3 is 9.84 Å². The molecule has 0 bridgehead atoms. The summed E-state index contributed by atoms with van der Waals surface area (Å²) in [5.41, 5.74) is 4.66. The summed E-state index contributed by atoms with van der Waals surface area (Å²) in [6.45, 7) is 6.17. The van der Waals surface area contributed by atoms with Gasteiger partial charge >= 0.3 is 5.97 Å². The van der Waals surface area contributed by atoms with E-state index >= 15 is 0 Å². The van der Waals surface area contributed by atoms with E-state index in [4.69, 9.17) is 9.84 Å². The summed E-state index contributed by atoms with van der Waals surface area (Å²) in [5.74, 6) is 0.209. The number of hydrogen-bond acceptors (Lipinski definition) is 2. The Kier molecular flexibility index (Phi) is 5.61. The highest BCUT2D eigenvalue weighted by Gasteiger charge is 2.08. The molecular formula is C16H22O3. The first kappa shape index (κ1) is 15.3. The fourth-order valence-corrected chi connectivity index (χ4v) is 2.16. The number of aryl methyl sites for hydroxylation is 1. The quantitative estimate of drug-likeness (QED) is 0.791. The second-order valence-electron chi connectivity index (χ2n) is 4.75. The second kappa shape index (κ2) is 6.98. The monoisotopic (exact) mass is 262 g/mol. The lowest BCUT2D eigenvalue weighted by Gasteiger charge is -2.13. The van der Waals surface area contributed by atoms with Crippen LogP contribution in [-0.2, 0) is 4.79 Å². The van der Waals surface area contributed by atoms with Crippen molar-refractivity contribution in [2.45, 2.75) is 40.0 Å². The molecule has 0 aliphatic carbocycles. The molecule has 1 N–H and O–H groups in total. The van der Waals surface area contributed by atoms with Crippen molar-refractivity contribution in [1.82, 2.24) is 0 Å². The molecule has 0 saturated carbocycles. The van der Waals surface area contributed by atoms with E-state index in [1.165, 1.54) is 11.1 Å². The summed E-state index contributed by atoms with van der Waals surface area (Å²) in [6.07, 6.45) is 5.80. The largest absolute Gasteiger partial charge is 0.496 e. The first-order valence-corrected chi connectivity index (χ1v) is 6.50. The minimum Gasteiger partial charge on any atom is -0.496 e. The Balaban J connectivity index is 2.79. The molecule has 0 radical (unpaired) electrons. The van der Waals surface area contributed by atoms with E-state index in [2.05, 4.69) is 26.0 Å². The van der Waals surface area contributed by atoms with E-state index in [0.717, 1.165) is 23.3 Å². The van der Waals surface area contributed by atoms with Gasteiger partial charge in [-0.25, -0.2) is 0 Å². The molecule has 3 nitrogen and oxygen atoms in total. The van der Waals surface area contributed by atoms with E-state index in [9.17, 15) is 4.79 Å². The number of rotatable bonds is 6. The molecule has 0 saturated heterocycles. The van der Waals surface area contributed by atoms with Gasteiger partial charge in [0.1, 0.15) is 5.75 Å². The molecule has 0 heterocycles. The van der Waals surface area contributed by atoms with Crippen molar-refractivity contribution < 1.29 is 14.6 Å². The number of benzene rings is 1. The van der Waals surface area contributed by atoms with Gasteiger partial charge in [-0.05, 0) is 61.9 Å². The van der Waals surface area contributed by atoms with Crippen LogP contribution in [0.5, 0.6) is 5.75 Å². The van der Waals surface area contributed by atoms with Crippen molar-refractivity contribution >= 4 is 12.0 Å². The minimum absolute atomic E-state index is 0.226. The second-order valence-corrected chi connectivity index (χ2v) is 4.75. The highest BCUT2D eigenvalue weighted by molar-refractivity contribution is 5.66. The van der Waals surface area contributed by atoms with Crippen molar-refractivity contribution in [1.29, 1.82) is 0 Å². The molecule has 0 spiro atoms. The number of allylic oxidation sites excluding steroid dienone is 1. The molecular weight excluding hydrogens is 240 g/mol. The molecule has 0 atom stereocenters. The molecule has 0 aliphatic rings. The van der Waals surface area contributed by atoms with E-state index in [-0.39, 0.29) is 6.42 Å². The van der Waals surface area contributed by atoms with Crippen LogP contribution < -0.4 is 4.74 Å². The maximum atomic E-state index is 10.4. The fourth-order valence-electron chi connectivity index (χ4n) is 2.16. The first-order chi connectivity index (χ1) is 8.97. The maximum Gasteiger partial charge on any atom is 0.303 e. The van der Waals surface area contributed by atoms with Gasteiger partial charge in [-0.1, -0.05) is 12.2 Å². The average molecular weight is 262 g/mol. The molecule has 0 amide bonds. The van der Waals surface area contributed by atoms with E-state index in [0.29, 0.717) is 6.42 Å². The third-order valence-corrected chi connectivity index (χ3v) is 3.33. The maximum absolute atomic E-state index is 10.4. The molecule has 1 aromatic carbocycles. The number of ether oxygens (including phenoxy) is 1. The highest BCUT2D eigenvalue weighted by atomic mass is 16.5. The Morgan fingerprint density at radius 2 is 2.00 bits per heavy atom. The summed E-state index contributed by atoms with van der Waals surface area (Å²) in [7, 11) is 1.69. The number of carboxylic acid groups (broad SMARTS) is 1. The lowest BCUT2D eigenvalue weighted by Crippen LogP contribution is -1.96. The SMILES string of the molecule is COc1c(C)cc(/C=C/CCCC(=O)O)c(C)c1C. The number of aliphatic carboxylic acids is 1. The molecule has 1 rings (SSSR count). The molecule has 0 fully saturated rings. The summed E-state index contributed by atoms with van der Waals surface area (Å²) < 4.78 is 5.39. The Morgan fingerprint density at radius 1 is 1.32 bits per heavy atom. The third kappa shape index (κ3) is 4.12. The Labute approximate surface area is 114 Å². The summed E-state index contributed by atoms with van der Waals surface area (Å²) in [4.78, 5) is 10.4. The van der Waals surface area contributed by atoms with Crippen LogP contribution in [0.25, 0.3) is 6.08 Å². The first-order valence-electron chi connectivity index (χ1n) is 6.50. The van der Waals surface area contributed by atoms with Crippen LogP contribution in [-0.4, -0.2) is 18.2 Å². The number of unbranched alkanes of at least 4 members (excludes halogenated alkanes) is 1. The minimum atomic E-state index is -0.735. The molecule has 1 aromatic rings. The van der Waals surface area contributed by atoms with E-state index in [1.54, 1.807) is 7.11 Å². The van der Waals surface area contributed by atoms with Gasteiger partial charge in [0.2, 0.25) is 0 Å². The van der Waals surface area contributed by atoms with Crippen molar-refractivity contribution in [2.24, 2.45) is 0 Å². The van der Waals surface area contributed by atoms with Crippen LogP contribution in [0.1, 0.15) is 41.5 Å². The molecule has 0 aliphatic heterocycles. The van der Waals surface area contributed by atoms with Gasteiger partial charge in [0, 0.05) is 6.42 Å². The molecule has 0 unspecified atom stereocenters. The fraction of sp³-hybridized carbons (Fsp3) is 0.438. The zero-order valence-electron chi connectivity index (χ0n) is 12.1. The van der Waals surface area contributed by atoms with Crippen LogP contribution in [0.2, 0.25) is 0 Å². The van der Waals surface area contributed by atoms with Crippen molar-refractivity contribution in [3.8, 4) is 5.75 Å². The number of carboxylic acids is 1. The van der Waals surface area contributed by atoms with Crippen LogP contribution in [0.4, 0.5) is 0 Å². The van der Waals surface area contributed by atoms with Gasteiger partial charge in [-0.15, -0.1) is 0 Å². The summed E-state index contributed by atoms with van der Waals surface area (Å²) in [5, 5.41) is 8.57. The Morgan fingerprint density at radius 3 is 2.58 bits per heavy atom.